The Morgan fingerprint density at radius 1 is 1.44 bits per heavy atom. The van der Waals surface area contributed by atoms with Crippen LogP contribution in [0.4, 0.5) is 0 Å². The van der Waals surface area contributed by atoms with Crippen molar-refractivity contribution in [3.8, 4) is 0 Å². The van der Waals surface area contributed by atoms with Crippen LogP contribution < -0.4 is 4.72 Å². The molecule has 0 unspecified atom stereocenters. The summed E-state index contributed by atoms with van der Waals surface area (Å²) in [6, 6.07) is 0. The molecule has 0 aromatic carbocycles. The van der Waals surface area contributed by atoms with Gasteiger partial charge in [-0.1, -0.05) is 0 Å². The van der Waals surface area contributed by atoms with Crippen molar-refractivity contribution in [3.05, 3.63) is 0 Å². The summed E-state index contributed by atoms with van der Waals surface area (Å²) >= 11 is 0. The molecule has 1 heterocycles. The van der Waals surface area contributed by atoms with Crippen LogP contribution in [0, 0.1) is 0 Å². The van der Waals surface area contributed by atoms with Gasteiger partial charge in [-0.2, -0.15) is 0 Å². The van der Waals surface area contributed by atoms with Crippen molar-refractivity contribution in [2.75, 3.05) is 5.75 Å². The maximum atomic E-state index is 10.5. The van der Waals surface area contributed by atoms with E-state index in [9.17, 15) is 13.2 Å². The first-order chi connectivity index (χ1) is 4.10. The van der Waals surface area contributed by atoms with Gasteiger partial charge in [-0.3, -0.25) is 4.79 Å². The molecule has 0 spiro atoms. The molecule has 0 N–H and O–H groups in total. The van der Waals surface area contributed by atoms with Gasteiger partial charge in [0.25, 0.3) is 15.9 Å². The third kappa shape index (κ3) is 1.67. The second kappa shape index (κ2) is 1.98. The molecule has 0 aromatic heterocycles. The quantitative estimate of drug-likeness (QED) is 0.453. The monoisotopic (exact) mass is 148 g/mol. The fourth-order valence-corrected chi connectivity index (χ4v) is 1.65. The predicted molar refractivity (Wildman–Crippen MR) is 30.2 cm³/mol. The zero-order valence-corrected chi connectivity index (χ0v) is 5.52. The lowest BCUT2D eigenvalue weighted by molar-refractivity contribution is -0.119. The number of hydrogen-bond donors (Lipinski definition) is 0. The molecule has 0 saturated carbocycles. The van der Waals surface area contributed by atoms with Crippen LogP contribution >= 0.6 is 0 Å². The molecule has 1 aliphatic heterocycles. The maximum absolute atomic E-state index is 10.5. The van der Waals surface area contributed by atoms with Gasteiger partial charge in [0.15, 0.2) is 0 Å². The van der Waals surface area contributed by atoms with Crippen LogP contribution in [-0.4, -0.2) is 20.1 Å². The van der Waals surface area contributed by atoms with Gasteiger partial charge in [-0.25, -0.2) is 8.42 Å². The normalized spacial score (nSPS) is 25.1. The van der Waals surface area contributed by atoms with E-state index in [4.69, 9.17) is 0 Å². The zero-order valence-electron chi connectivity index (χ0n) is 4.70. The molecule has 1 amide bonds. The zero-order chi connectivity index (χ0) is 6.91. The van der Waals surface area contributed by atoms with E-state index in [-0.39, 0.29) is 12.2 Å². The van der Waals surface area contributed by atoms with Crippen molar-refractivity contribution in [1.29, 1.82) is 0 Å². The first-order valence-corrected chi connectivity index (χ1v) is 4.20. The van der Waals surface area contributed by atoms with E-state index in [1.54, 1.807) is 0 Å². The van der Waals surface area contributed by atoms with Crippen LogP contribution in [0.5, 0.6) is 0 Å². The third-order valence-electron chi connectivity index (χ3n) is 1.03. The second-order valence-corrected chi connectivity index (χ2v) is 3.63. The highest BCUT2D eigenvalue weighted by Gasteiger charge is 2.22. The van der Waals surface area contributed by atoms with E-state index in [1.165, 1.54) is 0 Å². The van der Waals surface area contributed by atoms with Crippen LogP contribution in [0.2, 0.25) is 0 Å². The van der Waals surface area contributed by atoms with Gasteiger partial charge in [0, 0.05) is 6.42 Å². The largest absolute Gasteiger partial charge is 0.272 e. The molecule has 1 aliphatic rings. The molecule has 0 aromatic rings. The van der Waals surface area contributed by atoms with Gasteiger partial charge in [0.2, 0.25) is 0 Å². The van der Waals surface area contributed by atoms with E-state index >= 15 is 0 Å². The molecule has 9 heavy (non-hydrogen) atoms. The number of rotatable bonds is 0. The first kappa shape index (κ1) is 6.54. The topological polar surface area (TPSA) is 65.3 Å². The van der Waals surface area contributed by atoms with Crippen molar-refractivity contribution in [2.24, 2.45) is 0 Å². The number of hydrogen-bond acceptors (Lipinski definition) is 3. The molecule has 0 bridgehead atoms. The van der Waals surface area contributed by atoms with Crippen LogP contribution in [-0.2, 0) is 14.8 Å². The van der Waals surface area contributed by atoms with E-state index in [1.807, 2.05) is 0 Å². The number of amides is 1. The Morgan fingerprint density at radius 3 is 2.44 bits per heavy atom. The van der Waals surface area contributed by atoms with Crippen molar-refractivity contribution >= 4 is 15.9 Å². The highest BCUT2D eigenvalue weighted by atomic mass is 32.2. The van der Waals surface area contributed by atoms with Crippen molar-refractivity contribution in [3.63, 3.8) is 0 Å². The van der Waals surface area contributed by atoms with Crippen LogP contribution in [0.25, 0.3) is 0 Å². The molecule has 0 atom stereocenters. The fourth-order valence-electron chi connectivity index (χ4n) is 0.652. The Bertz CT molecular complexity index is 218. The minimum Gasteiger partial charge on any atom is -0.272 e. The van der Waals surface area contributed by atoms with Gasteiger partial charge >= 0.3 is 0 Å². The molecule has 1 fully saturated rings. The third-order valence-corrected chi connectivity index (χ3v) is 2.32. The highest BCUT2D eigenvalue weighted by molar-refractivity contribution is 7.90. The molecule has 1 rings (SSSR count). The first-order valence-electron chi connectivity index (χ1n) is 2.59. The Balaban J connectivity index is 2.73. The molecule has 1 radical (unpaired) electrons. The minimum absolute atomic E-state index is 0.0265. The van der Waals surface area contributed by atoms with Crippen molar-refractivity contribution < 1.29 is 13.2 Å². The molecule has 51 valence electrons. The summed E-state index contributed by atoms with van der Waals surface area (Å²) in [5.74, 6) is -0.486. The average Bonchev–Trinajstić information content (AvgIpc) is 1.60. The number of nitrogens with zero attached hydrogens (tertiary/aromatic N) is 1. The molecule has 4 nitrogen and oxygen atoms in total. The van der Waals surface area contributed by atoms with Crippen molar-refractivity contribution in [2.45, 2.75) is 12.8 Å². The van der Waals surface area contributed by atoms with E-state index < -0.39 is 15.9 Å². The summed E-state index contributed by atoms with van der Waals surface area (Å²) in [5.41, 5.74) is 0. The summed E-state index contributed by atoms with van der Waals surface area (Å²) in [5, 5.41) is 0. The lowest BCUT2D eigenvalue weighted by Gasteiger charge is -2.07. The predicted octanol–water partition coefficient (Wildman–Crippen LogP) is -0.759. The average molecular weight is 148 g/mol. The lowest BCUT2D eigenvalue weighted by Crippen LogP contribution is -2.30. The lowest BCUT2D eigenvalue weighted by atomic mass is 10.3. The summed E-state index contributed by atoms with van der Waals surface area (Å²) in [6.45, 7) is 0. The summed E-state index contributed by atoms with van der Waals surface area (Å²) in [4.78, 5) is 10.3. The number of carbonyl (C=O) groups is 1. The van der Waals surface area contributed by atoms with E-state index in [2.05, 4.69) is 4.72 Å². The van der Waals surface area contributed by atoms with E-state index in [0.717, 1.165) is 0 Å². The van der Waals surface area contributed by atoms with Gasteiger partial charge < -0.3 is 0 Å². The number of carbonyl (C=O) groups excluding carboxylic acids is 1. The van der Waals surface area contributed by atoms with Crippen LogP contribution in [0.1, 0.15) is 12.8 Å². The van der Waals surface area contributed by atoms with Crippen molar-refractivity contribution in [1.82, 2.24) is 4.72 Å². The Hall–Kier alpha value is -0.580. The maximum Gasteiger partial charge on any atom is 0.256 e. The van der Waals surface area contributed by atoms with Crippen LogP contribution in [0.3, 0.4) is 0 Å². The molecular weight excluding hydrogens is 142 g/mol. The van der Waals surface area contributed by atoms with E-state index in [0.29, 0.717) is 6.42 Å². The highest BCUT2D eigenvalue weighted by Crippen LogP contribution is 2.03. The van der Waals surface area contributed by atoms with Gasteiger partial charge in [-0.15, -0.1) is 4.72 Å². The molecule has 0 aliphatic carbocycles. The van der Waals surface area contributed by atoms with Gasteiger partial charge in [0.05, 0.1) is 5.75 Å². The minimum atomic E-state index is -3.36. The van der Waals surface area contributed by atoms with Gasteiger partial charge in [0.1, 0.15) is 0 Å². The summed E-state index contributed by atoms with van der Waals surface area (Å²) in [7, 11) is -3.36. The van der Waals surface area contributed by atoms with Gasteiger partial charge in [-0.05, 0) is 6.42 Å². The second-order valence-electron chi connectivity index (χ2n) is 1.87. The number of sulfonamides is 1. The molecule has 1 saturated heterocycles. The summed E-state index contributed by atoms with van der Waals surface area (Å²) in [6.07, 6.45) is 0.698. The smallest absolute Gasteiger partial charge is 0.256 e. The SMILES string of the molecule is O=C1CCCS(=O)(=O)[N]1. The molecule has 5 heteroatoms. The van der Waals surface area contributed by atoms with Crippen LogP contribution in [0.15, 0.2) is 0 Å². The fraction of sp³-hybridized carbons (Fsp3) is 0.750. The Kier molecular flexibility index (Phi) is 1.44. The Labute approximate surface area is 53.3 Å². The summed E-state index contributed by atoms with van der Waals surface area (Å²) < 4.78 is 23.9. The standard InChI is InChI=1S/C4H6NO3S/c6-4-2-1-3-9(7,8)5-4/h1-3H2. The Morgan fingerprint density at radius 2 is 2.11 bits per heavy atom. The molecular formula is C4H6NO3S.